The number of hydrogen-bond acceptors (Lipinski definition) is 2. The molecule has 1 fully saturated rings. The Morgan fingerprint density at radius 3 is 2.50 bits per heavy atom. The molecule has 1 heterocycles. The summed E-state index contributed by atoms with van der Waals surface area (Å²) < 4.78 is 0. The predicted molar refractivity (Wildman–Crippen MR) is 70.5 cm³/mol. The molecule has 0 spiro atoms. The molecular weight excluding hydrogens is 220 g/mol. The zero-order chi connectivity index (χ0) is 11.7. The summed E-state index contributed by atoms with van der Waals surface area (Å²) >= 11 is 6.19. The van der Waals surface area contributed by atoms with Crippen molar-refractivity contribution in [2.24, 2.45) is 0 Å². The number of halogens is 1. The van der Waals surface area contributed by atoms with Crippen LogP contribution in [0.2, 0.25) is 5.02 Å². The standard InChI is InChI=1S/C13H19ClN2/c1-9-7-15-8-10(2)16(9)13-6-4-5-12(14)11(13)3/h4-6,9-10,15H,7-8H2,1-3H3/t9-,10-/m0/s1. The normalized spacial score (nSPS) is 25.9. The molecule has 0 aliphatic carbocycles. The number of rotatable bonds is 1. The van der Waals surface area contributed by atoms with Crippen LogP contribution in [0.4, 0.5) is 5.69 Å². The number of piperazine rings is 1. The number of nitrogens with one attached hydrogen (secondary N) is 1. The second kappa shape index (κ2) is 4.64. The van der Waals surface area contributed by atoms with E-state index in [0.29, 0.717) is 12.1 Å². The van der Waals surface area contributed by atoms with Gasteiger partial charge in [0.05, 0.1) is 0 Å². The van der Waals surface area contributed by atoms with Crippen LogP contribution in [0.25, 0.3) is 0 Å². The van der Waals surface area contributed by atoms with E-state index in [1.165, 1.54) is 11.3 Å². The van der Waals surface area contributed by atoms with Crippen LogP contribution in [0.3, 0.4) is 0 Å². The van der Waals surface area contributed by atoms with Crippen molar-refractivity contribution in [3.63, 3.8) is 0 Å². The van der Waals surface area contributed by atoms with Gasteiger partial charge in [-0.3, -0.25) is 0 Å². The fourth-order valence-corrected chi connectivity index (χ4v) is 2.65. The van der Waals surface area contributed by atoms with E-state index in [9.17, 15) is 0 Å². The first-order chi connectivity index (χ1) is 7.61. The molecule has 0 radical (unpaired) electrons. The second-order valence-corrected chi connectivity index (χ2v) is 5.05. The van der Waals surface area contributed by atoms with Gasteiger partial charge in [0, 0.05) is 35.9 Å². The third-order valence-electron chi connectivity index (χ3n) is 3.35. The van der Waals surface area contributed by atoms with E-state index in [-0.39, 0.29) is 0 Å². The fourth-order valence-electron chi connectivity index (χ4n) is 2.48. The van der Waals surface area contributed by atoms with Crippen molar-refractivity contribution in [1.82, 2.24) is 5.32 Å². The Morgan fingerprint density at radius 1 is 1.25 bits per heavy atom. The molecule has 88 valence electrons. The summed E-state index contributed by atoms with van der Waals surface area (Å²) in [5.41, 5.74) is 2.46. The molecule has 1 aromatic rings. The van der Waals surface area contributed by atoms with Gasteiger partial charge < -0.3 is 10.2 Å². The van der Waals surface area contributed by atoms with Crippen LogP contribution in [0, 0.1) is 6.92 Å². The summed E-state index contributed by atoms with van der Waals surface area (Å²) in [4.78, 5) is 2.47. The highest BCUT2D eigenvalue weighted by Crippen LogP contribution is 2.30. The minimum absolute atomic E-state index is 0.515. The average molecular weight is 239 g/mol. The SMILES string of the molecule is Cc1c(Cl)cccc1N1[C@@H](C)CNC[C@@H]1C. The van der Waals surface area contributed by atoms with E-state index in [1.54, 1.807) is 0 Å². The Labute approximate surface area is 103 Å². The molecule has 0 amide bonds. The van der Waals surface area contributed by atoms with Crippen LogP contribution in [0.5, 0.6) is 0 Å². The summed E-state index contributed by atoms with van der Waals surface area (Å²) in [7, 11) is 0. The van der Waals surface area contributed by atoms with Crippen molar-refractivity contribution in [1.29, 1.82) is 0 Å². The van der Waals surface area contributed by atoms with Gasteiger partial charge in [0.25, 0.3) is 0 Å². The maximum atomic E-state index is 6.19. The van der Waals surface area contributed by atoms with Crippen LogP contribution in [-0.4, -0.2) is 25.2 Å². The molecule has 0 bridgehead atoms. The Hall–Kier alpha value is -0.730. The zero-order valence-electron chi connectivity index (χ0n) is 10.1. The van der Waals surface area contributed by atoms with Crippen LogP contribution < -0.4 is 10.2 Å². The van der Waals surface area contributed by atoms with E-state index in [1.807, 2.05) is 12.1 Å². The molecule has 3 heteroatoms. The van der Waals surface area contributed by atoms with Crippen molar-refractivity contribution >= 4 is 17.3 Å². The van der Waals surface area contributed by atoms with Crippen LogP contribution in [-0.2, 0) is 0 Å². The van der Waals surface area contributed by atoms with E-state index >= 15 is 0 Å². The Kier molecular flexibility index (Phi) is 3.41. The molecule has 1 saturated heterocycles. The summed E-state index contributed by atoms with van der Waals surface area (Å²) in [6.45, 7) is 8.68. The monoisotopic (exact) mass is 238 g/mol. The first-order valence-electron chi connectivity index (χ1n) is 5.85. The van der Waals surface area contributed by atoms with Crippen LogP contribution >= 0.6 is 11.6 Å². The molecule has 1 aliphatic heterocycles. The molecule has 2 atom stereocenters. The molecule has 0 unspecified atom stereocenters. The van der Waals surface area contributed by atoms with Gasteiger partial charge in [-0.1, -0.05) is 17.7 Å². The summed E-state index contributed by atoms with van der Waals surface area (Å²) in [6, 6.07) is 7.19. The van der Waals surface area contributed by atoms with Gasteiger partial charge in [-0.05, 0) is 38.5 Å². The van der Waals surface area contributed by atoms with Crippen molar-refractivity contribution < 1.29 is 0 Å². The lowest BCUT2D eigenvalue weighted by atomic mass is 10.1. The van der Waals surface area contributed by atoms with Gasteiger partial charge in [0.1, 0.15) is 0 Å². The maximum absolute atomic E-state index is 6.19. The van der Waals surface area contributed by atoms with Gasteiger partial charge in [-0.15, -0.1) is 0 Å². The molecule has 0 aromatic heterocycles. The van der Waals surface area contributed by atoms with E-state index in [0.717, 1.165) is 18.1 Å². The minimum atomic E-state index is 0.515. The highest BCUT2D eigenvalue weighted by molar-refractivity contribution is 6.31. The van der Waals surface area contributed by atoms with Gasteiger partial charge in [0.15, 0.2) is 0 Å². The number of hydrogen-bond donors (Lipinski definition) is 1. The molecule has 16 heavy (non-hydrogen) atoms. The smallest absolute Gasteiger partial charge is 0.0455 e. The molecule has 0 saturated carbocycles. The van der Waals surface area contributed by atoms with Crippen LogP contribution in [0.15, 0.2) is 18.2 Å². The number of benzene rings is 1. The largest absolute Gasteiger partial charge is 0.363 e. The quantitative estimate of drug-likeness (QED) is 0.810. The molecule has 1 N–H and O–H groups in total. The van der Waals surface area contributed by atoms with Crippen molar-refractivity contribution in [3.05, 3.63) is 28.8 Å². The summed E-state index contributed by atoms with van der Waals surface area (Å²) in [5, 5.41) is 4.30. The molecule has 1 aliphatic rings. The fraction of sp³-hybridized carbons (Fsp3) is 0.538. The molecule has 2 nitrogen and oxygen atoms in total. The van der Waals surface area contributed by atoms with Gasteiger partial charge >= 0.3 is 0 Å². The Balaban J connectivity index is 2.38. The number of nitrogens with zero attached hydrogens (tertiary/aromatic N) is 1. The van der Waals surface area contributed by atoms with Crippen LogP contribution in [0.1, 0.15) is 19.4 Å². The lowest BCUT2D eigenvalue weighted by molar-refractivity contribution is 0.431. The van der Waals surface area contributed by atoms with E-state index in [2.05, 4.69) is 37.1 Å². The van der Waals surface area contributed by atoms with E-state index < -0.39 is 0 Å². The first-order valence-corrected chi connectivity index (χ1v) is 6.23. The summed E-state index contributed by atoms with van der Waals surface area (Å²) in [6.07, 6.45) is 0. The second-order valence-electron chi connectivity index (χ2n) is 4.65. The van der Waals surface area contributed by atoms with Gasteiger partial charge in [-0.2, -0.15) is 0 Å². The van der Waals surface area contributed by atoms with Crippen molar-refractivity contribution in [2.45, 2.75) is 32.9 Å². The minimum Gasteiger partial charge on any atom is -0.363 e. The predicted octanol–water partition coefficient (Wildman–Crippen LogP) is 2.84. The Bertz CT molecular complexity index is 368. The van der Waals surface area contributed by atoms with Gasteiger partial charge in [0.2, 0.25) is 0 Å². The molecular formula is C13H19ClN2. The van der Waals surface area contributed by atoms with Crippen molar-refractivity contribution in [2.75, 3.05) is 18.0 Å². The lowest BCUT2D eigenvalue weighted by Gasteiger charge is -2.42. The Morgan fingerprint density at radius 2 is 1.88 bits per heavy atom. The number of anilines is 1. The third-order valence-corrected chi connectivity index (χ3v) is 3.76. The first kappa shape index (κ1) is 11.7. The maximum Gasteiger partial charge on any atom is 0.0455 e. The molecule has 1 aromatic carbocycles. The average Bonchev–Trinajstić information content (AvgIpc) is 2.24. The van der Waals surface area contributed by atoms with E-state index in [4.69, 9.17) is 11.6 Å². The topological polar surface area (TPSA) is 15.3 Å². The zero-order valence-corrected chi connectivity index (χ0v) is 10.9. The van der Waals surface area contributed by atoms with Gasteiger partial charge in [-0.25, -0.2) is 0 Å². The highest BCUT2D eigenvalue weighted by atomic mass is 35.5. The highest BCUT2D eigenvalue weighted by Gasteiger charge is 2.25. The lowest BCUT2D eigenvalue weighted by Crippen LogP contribution is -2.55. The van der Waals surface area contributed by atoms with Crippen molar-refractivity contribution in [3.8, 4) is 0 Å². The third kappa shape index (κ3) is 2.04. The summed E-state index contributed by atoms with van der Waals surface area (Å²) in [5.74, 6) is 0. The molecule has 2 rings (SSSR count).